The van der Waals surface area contributed by atoms with Gasteiger partial charge in [0.1, 0.15) is 6.61 Å². The van der Waals surface area contributed by atoms with E-state index in [1.807, 2.05) is 18.2 Å². The first-order valence-electron chi connectivity index (χ1n) is 7.21. The van der Waals surface area contributed by atoms with E-state index in [0.717, 1.165) is 25.7 Å². The molecule has 0 bridgehead atoms. The Morgan fingerprint density at radius 2 is 1.90 bits per heavy atom. The van der Waals surface area contributed by atoms with Gasteiger partial charge >= 0.3 is 5.97 Å². The number of aliphatic carboxylic acids is 1. The maximum Gasteiger partial charge on any atom is 0.310 e. The first-order chi connectivity index (χ1) is 9.72. The third-order valence-corrected chi connectivity index (χ3v) is 4.02. The molecule has 4 heteroatoms. The summed E-state index contributed by atoms with van der Waals surface area (Å²) in [6, 6.07) is 7.33. The minimum Gasteiger partial charge on any atom is -0.493 e. The van der Waals surface area contributed by atoms with Crippen LogP contribution >= 0.6 is 0 Å². The number of para-hydroxylation sites is 2. The van der Waals surface area contributed by atoms with Gasteiger partial charge in [-0.15, -0.1) is 0 Å². The lowest BCUT2D eigenvalue weighted by atomic mass is 9.80. The van der Waals surface area contributed by atoms with Gasteiger partial charge in [-0.3, -0.25) is 4.79 Å². The zero-order valence-corrected chi connectivity index (χ0v) is 11.9. The lowest BCUT2D eigenvalue weighted by Crippen LogP contribution is -2.30. The van der Waals surface area contributed by atoms with Gasteiger partial charge in [0.2, 0.25) is 0 Å². The largest absolute Gasteiger partial charge is 0.493 e. The normalized spacial score (nSPS) is 17.4. The zero-order valence-electron chi connectivity index (χ0n) is 11.9. The minimum atomic E-state index is -0.758. The van der Waals surface area contributed by atoms with E-state index in [1.165, 1.54) is 6.42 Å². The molecule has 1 aromatic carbocycles. The fraction of sp³-hybridized carbons (Fsp3) is 0.562. The number of hydrogen-bond acceptors (Lipinski definition) is 3. The molecule has 0 amide bonds. The number of rotatable bonds is 6. The summed E-state index contributed by atoms with van der Waals surface area (Å²) in [4.78, 5) is 11.5. The Morgan fingerprint density at radius 1 is 1.25 bits per heavy atom. The lowest BCUT2D eigenvalue weighted by Gasteiger charge is -2.27. The van der Waals surface area contributed by atoms with Crippen LogP contribution in [0.5, 0.6) is 11.5 Å². The molecule has 4 nitrogen and oxygen atoms in total. The summed E-state index contributed by atoms with van der Waals surface area (Å²) >= 11 is 0. The summed E-state index contributed by atoms with van der Waals surface area (Å²) in [7, 11) is 1.58. The van der Waals surface area contributed by atoms with Crippen molar-refractivity contribution in [3.63, 3.8) is 0 Å². The van der Waals surface area contributed by atoms with E-state index in [-0.39, 0.29) is 12.5 Å². The molecule has 1 N–H and O–H groups in total. The van der Waals surface area contributed by atoms with Gasteiger partial charge in [0, 0.05) is 0 Å². The molecule has 1 unspecified atom stereocenters. The summed E-state index contributed by atoms with van der Waals surface area (Å²) < 4.78 is 10.9. The highest BCUT2D eigenvalue weighted by molar-refractivity contribution is 5.70. The molecule has 1 fully saturated rings. The third-order valence-electron chi connectivity index (χ3n) is 4.02. The number of methoxy groups -OCH3 is 1. The van der Waals surface area contributed by atoms with E-state index in [4.69, 9.17) is 9.47 Å². The van der Waals surface area contributed by atoms with Crippen LogP contribution in [-0.4, -0.2) is 24.8 Å². The number of carbonyl (C=O) groups is 1. The van der Waals surface area contributed by atoms with Gasteiger partial charge in [-0.2, -0.15) is 0 Å². The molecular weight excluding hydrogens is 256 g/mol. The van der Waals surface area contributed by atoms with Crippen LogP contribution in [0.2, 0.25) is 0 Å². The Bertz CT molecular complexity index is 438. The van der Waals surface area contributed by atoms with Crippen LogP contribution in [0.25, 0.3) is 0 Å². The topological polar surface area (TPSA) is 55.8 Å². The van der Waals surface area contributed by atoms with Gasteiger partial charge in [-0.25, -0.2) is 0 Å². The van der Waals surface area contributed by atoms with Gasteiger partial charge in [0.25, 0.3) is 0 Å². The molecule has 1 saturated carbocycles. The van der Waals surface area contributed by atoms with E-state index in [2.05, 4.69) is 0 Å². The number of carboxylic acids is 1. The lowest BCUT2D eigenvalue weighted by molar-refractivity contribution is -0.145. The van der Waals surface area contributed by atoms with Crippen LogP contribution < -0.4 is 9.47 Å². The van der Waals surface area contributed by atoms with Crippen LogP contribution in [0.3, 0.4) is 0 Å². The van der Waals surface area contributed by atoms with E-state index in [0.29, 0.717) is 11.5 Å². The SMILES string of the molecule is COc1ccccc1OCC(C(=O)O)C1CCCCC1. The fourth-order valence-corrected chi connectivity index (χ4v) is 2.86. The predicted octanol–water partition coefficient (Wildman–Crippen LogP) is 3.36. The quantitative estimate of drug-likeness (QED) is 0.867. The van der Waals surface area contributed by atoms with Crippen molar-refractivity contribution in [2.75, 3.05) is 13.7 Å². The summed E-state index contributed by atoms with van der Waals surface area (Å²) in [6.45, 7) is 0.209. The van der Waals surface area contributed by atoms with Crippen molar-refractivity contribution >= 4 is 5.97 Å². The third kappa shape index (κ3) is 3.65. The molecule has 1 aliphatic carbocycles. The maximum absolute atomic E-state index is 11.5. The molecule has 2 rings (SSSR count). The van der Waals surface area contributed by atoms with E-state index in [1.54, 1.807) is 13.2 Å². The molecule has 0 spiro atoms. The second-order valence-electron chi connectivity index (χ2n) is 5.30. The van der Waals surface area contributed by atoms with Gasteiger partial charge in [0.15, 0.2) is 11.5 Å². The van der Waals surface area contributed by atoms with Crippen molar-refractivity contribution in [2.45, 2.75) is 32.1 Å². The van der Waals surface area contributed by atoms with Gasteiger partial charge in [-0.1, -0.05) is 31.4 Å². The Balaban J connectivity index is 1.99. The molecule has 1 aromatic rings. The summed E-state index contributed by atoms with van der Waals surface area (Å²) in [5.74, 6) is 0.292. The van der Waals surface area contributed by atoms with Crippen LogP contribution in [0, 0.1) is 11.8 Å². The first kappa shape index (κ1) is 14.7. The molecule has 1 aliphatic rings. The zero-order chi connectivity index (χ0) is 14.4. The monoisotopic (exact) mass is 278 g/mol. The standard InChI is InChI=1S/C16H22O4/c1-19-14-9-5-6-10-15(14)20-11-13(16(17)18)12-7-3-2-4-8-12/h5-6,9-10,12-13H,2-4,7-8,11H2,1H3,(H,17,18). The number of hydrogen-bond donors (Lipinski definition) is 1. The highest BCUT2D eigenvalue weighted by Gasteiger charge is 2.30. The number of ether oxygens (including phenoxy) is 2. The maximum atomic E-state index is 11.5. The van der Waals surface area contributed by atoms with Crippen molar-refractivity contribution < 1.29 is 19.4 Å². The fourth-order valence-electron chi connectivity index (χ4n) is 2.86. The Hall–Kier alpha value is -1.71. The Morgan fingerprint density at radius 3 is 2.50 bits per heavy atom. The van der Waals surface area contributed by atoms with E-state index >= 15 is 0 Å². The highest BCUT2D eigenvalue weighted by Crippen LogP contribution is 2.32. The summed E-state index contributed by atoms with van der Waals surface area (Å²) in [5.41, 5.74) is 0. The molecule has 0 saturated heterocycles. The average Bonchev–Trinajstić information content (AvgIpc) is 2.48. The summed E-state index contributed by atoms with van der Waals surface area (Å²) in [5, 5.41) is 9.42. The average molecular weight is 278 g/mol. The van der Waals surface area contributed by atoms with Crippen molar-refractivity contribution in [3.05, 3.63) is 24.3 Å². The second kappa shape index (κ2) is 7.17. The first-order valence-corrected chi connectivity index (χ1v) is 7.21. The highest BCUT2D eigenvalue weighted by atomic mass is 16.5. The van der Waals surface area contributed by atoms with Crippen molar-refractivity contribution in [3.8, 4) is 11.5 Å². The molecule has 1 atom stereocenters. The van der Waals surface area contributed by atoms with Crippen LogP contribution in [0.1, 0.15) is 32.1 Å². The van der Waals surface area contributed by atoms with E-state index < -0.39 is 11.9 Å². The smallest absolute Gasteiger partial charge is 0.310 e. The molecule has 0 radical (unpaired) electrons. The van der Waals surface area contributed by atoms with Gasteiger partial charge in [-0.05, 0) is 30.9 Å². The molecule has 0 aliphatic heterocycles. The molecular formula is C16H22O4. The minimum absolute atomic E-state index is 0.209. The molecule has 0 aromatic heterocycles. The molecule has 110 valence electrons. The van der Waals surface area contributed by atoms with Crippen molar-refractivity contribution in [2.24, 2.45) is 11.8 Å². The van der Waals surface area contributed by atoms with Crippen molar-refractivity contribution in [1.82, 2.24) is 0 Å². The summed E-state index contributed by atoms with van der Waals surface area (Å²) in [6.07, 6.45) is 5.46. The van der Waals surface area contributed by atoms with Crippen molar-refractivity contribution in [1.29, 1.82) is 0 Å². The van der Waals surface area contributed by atoms with Crippen LogP contribution in [0.15, 0.2) is 24.3 Å². The predicted molar refractivity (Wildman–Crippen MR) is 76.2 cm³/mol. The number of benzene rings is 1. The molecule has 0 heterocycles. The molecule has 20 heavy (non-hydrogen) atoms. The van der Waals surface area contributed by atoms with Gasteiger partial charge < -0.3 is 14.6 Å². The Kier molecular flexibility index (Phi) is 5.27. The van der Waals surface area contributed by atoms with E-state index in [9.17, 15) is 9.90 Å². The number of carboxylic acid groups (broad SMARTS) is 1. The van der Waals surface area contributed by atoms with Crippen LogP contribution in [-0.2, 0) is 4.79 Å². The second-order valence-corrected chi connectivity index (χ2v) is 5.30. The van der Waals surface area contributed by atoms with Crippen LogP contribution in [0.4, 0.5) is 0 Å². The van der Waals surface area contributed by atoms with Gasteiger partial charge in [0.05, 0.1) is 13.0 Å². The Labute approximate surface area is 119 Å².